The normalized spacial score (nSPS) is 23.0. The van der Waals surface area contributed by atoms with E-state index in [0.717, 1.165) is 4.57 Å². The number of nitrogens with one attached hydrogen (secondary N) is 1. The van der Waals surface area contributed by atoms with Gasteiger partial charge in [0.05, 0.1) is 28.1 Å². The summed E-state index contributed by atoms with van der Waals surface area (Å²) < 4.78 is 63.7. The number of fused-ring (bicyclic) bond motifs is 1. The van der Waals surface area contributed by atoms with Crippen LogP contribution >= 0.6 is 0 Å². The Labute approximate surface area is 141 Å². The lowest BCUT2D eigenvalue weighted by molar-refractivity contribution is -0.147. The molecule has 1 amide bonds. The molecule has 1 unspecified atom stereocenters. The molecule has 1 fully saturated rings. The quantitative estimate of drug-likeness (QED) is 0.886. The Bertz CT molecular complexity index is 936. The summed E-state index contributed by atoms with van der Waals surface area (Å²) >= 11 is 0. The van der Waals surface area contributed by atoms with Crippen molar-refractivity contribution in [2.75, 3.05) is 11.5 Å². The maximum absolute atomic E-state index is 13.2. The van der Waals surface area contributed by atoms with Crippen LogP contribution in [-0.2, 0) is 27.4 Å². The minimum absolute atomic E-state index is 0.0500. The Morgan fingerprint density at radius 3 is 2.64 bits per heavy atom. The summed E-state index contributed by atoms with van der Waals surface area (Å²) in [4.78, 5) is 15.9. The predicted octanol–water partition coefficient (Wildman–Crippen LogP) is 1.75. The first-order valence-corrected chi connectivity index (χ1v) is 9.35. The summed E-state index contributed by atoms with van der Waals surface area (Å²) in [5.74, 6) is -2.12. The van der Waals surface area contributed by atoms with Gasteiger partial charge < -0.3 is 9.88 Å². The van der Waals surface area contributed by atoms with E-state index in [1.54, 1.807) is 19.1 Å². The van der Waals surface area contributed by atoms with Crippen molar-refractivity contribution in [2.45, 2.75) is 31.6 Å². The van der Waals surface area contributed by atoms with Gasteiger partial charge in [0, 0.05) is 0 Å². The van der Waals surface area contributed by atoms with Crippen LogP contribution in [0.25, 0.3) is 11.0 Å². The Morgan fingerprint density at radius 2 is 2.04 bits per heavy atom. The topological polar surface area (TPSA) is 81.1 Å². The lowest BCUT2D eigenvalue weighted by Gasteiger charge is -2.24. The van der Waals surface area contributed by atoms with Gasteiger partial charge in [-0.15, -0.1) is 0 Å². The highest BCUT2D eigenvalue weighted by Gasteiger charge is 2.41. The highest BCUT2D eigenvalue weighted by molar-refractivity contribution is 7.91. The Balaban J connectivity index is 1.89. The van der Waals surface area contributed by atoms with E-state index >= 15 is 0 Å². The first-order chi connectivity index (χ1) is 11.5. The number of amides is 1. The molecule has 1 atom stereocenters. The molecule has 1 aromatic heterocycles. The number of halogens is 3. The number of rotatable bonds is 3. The van der Waals surface area contributed by atoms with Gasteiger partial charge >= 0.3 is 6.18 Å². The van der Waals surface area contributed by atoms with Crippen LogP contribution in [0.1, 0.15) is 19.2 Å². The molecule has 0 bridgehead atoms. The molecule has 3 rings (SSSR count). The molecule has 1 aromatic carbocycles. The second-order valence-electron chi connectivity index (χ2n) is 6.46. The van der Waals surface area contributed by atoms with Crippen molar-refractivity contribution in [1.82, 2.24) is 14.9 Å². The second-order valence-corrected chi connectivity index (χ2v) is 8.64. The number of sulfone groups is 1. The number of carbonyl (C=O) groups excluding carboxylic acids is 1. The molecular formula is C15H16F3N3O3S. The summed E-state index contributed by atoms with van der Waals surface area (Å²) in [7, 11) is -3.24. The van der Waals surface area contributed by atoms with Crippen LogP contribution in [0.3, 0.4) is 0 Å². The fourth-order valence-corrected chi connectivity index (χ4v) is 5.17. The summed E-state index contributed by atoms with van der Waals surface area (Å²) in [5.41, 5.74) is -0.642. The Morgan fingerprint density at radius 1 is 1.36 bits per heavy atom. The minimum Gasteiger partial charge on any atom is -0.348 e. The molecule has 1 saturated heterocycles. The zero-order chi connectivity index (χ0) is 18.5. The van der Waals surface area contributed by atoms with Crippen LogP contribution in [0.4, 0.5) is 13.2 Å². The SMILES string of the molecule is CC1(NC(=O)Cn2c(C(F)(F)F)nc3ccccc32)CCS(=O)(=O)C1. The van der Waals surface area contributed by atoms with Crippen molar-refractivity contribution < 1.29 is 26.4 Å². The molecule has 0 spiro atoms. The van der Waals surface area contributed by atoms with E-state index in [1.165, 1.54) is 12.1 Å². The molecular weight excluding hydrogens is 359 g/mol. The number of aromatic nitrogens is 2. The number of para-hydroxylation sites is 2. The molecule has 25 heavy (non-hydrogen) atoms. The van der Waals surface area contributed by atoms with E-state index in [-0.39, 0.29) is 29.0 Å². The second kappa shape index (κ2) is 5.72. The van der Waals surface area contributed by atoms with Crippen molar-refractivity contribution >= 4 is 26.8 Å². The molecule has 1 N–H and O–H groups in total. The van der Waals surface area contributed by atoms with E-state index in [9.17, 15) is 26.4 Å². The smallest absolute Gasteiger partial charge is 0.348 e. The molecule has 136 valence electrons. The van der Waals surface area contributed by atoms with Crippen molar-refractivity contribution in [3.63, 3.8) is 0 Å². The van der Waals surface area contributed by atoms with Crippen LogP contribution < -0.4 is 5.32 Å². The zero-order valence-corrected chi connectivity index (χ0v) is 14.1. The zero-order valence-electron chi connectivity index (χ0n) is 13.3. The van der Waals surface area contributed by atoms with Gasteiger partial charge in [-0.25, -0.2) is 13.4 Å². The summed E-state index contributed by atoms with van der Waals surface area (Å²) in [6.45, 7) is 0.983. The van der Waals surface area contributed by atoms with Crippen LogP contribution in [0.5, 0.6) is 0 Å². The standard InChI is InChI=1S/C15H16F3N3O3S/c1-14(6-7-25(23,24)9-14)20-12(22)8-21-11-5-3-2-4-10(11)19-13(21)15(16,17)18/h2-5H,6-9H2,1H3,(H,20,22). The highest BCUT2D eigenvalue weighted by Crippen LogP contribution is 2.31. The van der Waals surface area contributed by atoms with Crippen LogP contribution in [-0.4, -0.2) is 40.9 Å². The maximum Gasteiger partial charge on any atom is 0.449 e. The van der Waals surface area contributed by atoms with Gasteiger partial charge in [-0.2, -0.15) is 13.2 Å². The maximum atomic E-state index is 13.2. The summed E-state index contributed by atoms with van der Waals surface area (Å²) in [6.07, 6.45) is -4.47. The third kappa shape index (κ3) is 3.63. The van der Waals surface area contributed by atoms with Crippen LogP contribution in [0.15, 0.2) is 24.3 Å². The van der Waals surface area contributed by atoms with Gasteiger partial charge in [-0.1, -0.05) is 12.1 Å². The lowest BCUT2D eigenvalue weighted by Crippen LogP contribution is -2.48. The van der Waals surface area contributed by atoms with E-state index in [0.29, 0.717) is 0 Å². The van der Waals surface area contributed by atoms with Gasteiger partial charge in [0.15, 0.2) is 9.84 Å². The molecule has 6 nitrogen and oxygen atoms in total. The van der Waals surface area contributed by atoms with E-state index in [4.69, 9.17) is 0 Å². The number of imidazole rings is 1. The van der Waals surface area contributed by atoms with Crippen molar-refractivity contribution in [3.05, 3.63) is 30.1 Å². The molecule has 1 aliphatic heterocycles. The van der Waals surface area contributed by atoms with E-state index in [1.807, 2.05) is 0 Å². The number of carbonyl (C=O) groups is 1. The van der Waals surface area contributed by atoms with Gasteiger partial charge in [0.2, 0.25) is 11.7 Å². The van der Waals surface area contributed by atoms with E-state index < -0.39 is 39.8 Å². The highest BCUT2D eigenvalue weighted by atomic mass is 32.2. The number of alkyl halides is 3. The Hall–Kier alpha value is -2.10. The minimum atomic E-state index is -4.71. The molecule has 1 aliphatic rings. The fourth-order valence-electron chi connectivity index (χ4n) is 3.08. The third-order valence-electron chi connectivity index (χ3n) is 4.15. The summed E-state index contributed by atoms with van der Waals surface area (Å²) in [5, 5.41) is 2.56. The van der Waals surface area contributed by atoms with Crippen molar-refractivity contribution in [3.8, 4) is 0 Å². The van der Waals surface area contributed by atoms with Gasteiger partial charge in [-0.3, -0.25) is 4.79 Å². The average molecular weight is 375 g/mol. The molecule has 2 heterocycles. The van der Waals surface area contributed by atoms with Crippen LogP contribution in [0.2, 0.25) is 0 Å². The van der Waals surface area contributed by atoms with Crippen molar-refractivity contribution in [1.29, 1.82) is 0 Å². The molecule has 0 aliphatic carbocycles. The number of benzene rings is 1. The number of hydrogen-bond donors (Lipinski definition) is 1. The molecule has 10 heteroatoms. The first kappa shape index (κ1) is 17.7. The largest absolute Gasteiger partial charge is 0.449 e. The number of nitrogens with zero attached hydrogens (tertiary/aromatic N) is 2. The van der Waals surface area contributed by atoms with Gasteiger partial charge in [-0.05, 0) is 25.5 Å². The van der Waals surface area contributed by atoms with Crippen molar-refractivity contribution in [2.24, 2.45) is 0 Å². The monoisotopic (exact) mass is 375 g/mol. The molecule has 0 saturated carbocycles. The molecule has 0 radical (unpaired) electrons. The fraction of sp³-hybridized carbons (Fsp3) is 0.467. The lowest BCUT2D eigenvalue weighted by atomic mass is 10.0. The van der Waals surface area contributed by atoms with Gasteiger partial charge in [0.25, 0.3) is 0 Å². The van der Waals surface area contributed by atoms with E-state index in [2.05, 4.69) is 10.3 Å². The third-order valence-corrected chi connectivity index (χ3v) is 6.06. The van der Waals surface area contributed by atoms with Crippen LogP contribution in [0, 0.1) is 0 Å². The predicted molar refractivity (Wildman–Crippen MR) is 84.6 cm³/mol. The van der Waals surface area contributed by atoms with Gasteiger partial charge in [0.1, 0.15) is 6.54 Å². The Kier molecular flexibility index (Phi) is 4.05. The summed E-state index contributed by atoms with van der Waals surface area (Å²) in [6, 6.07) is 6.00. The average Bonchev–Trinajstić information content (AvgIpc) is 2.96. The molecule has 2 aromatic rings. The number of hydrogen-bond acceptors (Lipinski definition) is 4. The first-order valence-electron chi connectivity index (χ1n) is 7.53.